The summed E-state index contributed by atoms with van der Waals surface area (Å²) in [6.07, 6.45) is 3.14. The molecule has 3 atom stereocenters. The van der Waals surface area contributed by atoms with Gasteiger partial charge in [0.25, 0.3) is 5.91 Å². The molecule has 178 valence electrons. The smallest absolute Gasteiger partial charge is 0.278 e. The van der Waals surface area contributed by atoms with E-state index in [0.717, 1.165) is 5.56 Å². The average molecular weight is 467 g/mol. The highest BCUT2D eigenvalue weighted by molar-refractivity contribution is 7.98. The lowest BCUT2D eigenvalue weighted by molar-refractivity contribution is -0.403. The van der Waals surface area contributed by atoms with Crippen LogP contribution in [0.25, 0.3) is 0 Å². The van der Waals surface area contributed by atoms with Gasteiger partial charge < -0.3 is 27.4 Å². The van der Waals surface area contributed by atoms with E-state index >= 15 is 0 Å². The van der Waals surface area contributed by atoms with Crippen LogP contribution in [-0.2, 0) is 25.6 Å². The van der Waals surface area contributed by atoms with E-state index in [4.69, 9.17) is 5.73 Å². The van der Waals surface area contributed by atoms with Crippen LogP contribution in [-0.4, -0.2) is 60.3 Å². The molecule has 0 saturated heterocycles. The van der Waals surface area contributed by atoms with Crippen molar-refractivity contribution in [1.29, 1.82) is 0 Å². The fourth-order valence-corrected chi connectivity index (χ4v) is 3.52. The van der Waals surface area contributed by atoms with E-state index in [9.17, 15) is 19.2 Å². The number of primary amides is 1. The second-order valence-electron chi connectivity index (χ2n) is 8.10. The van der Waals surface area contributed by atoms with E-state index in [1.807, 2.05) is 50.4 Å². The molecule has 1 aromatic carbocycles. The maximum absolute atomic E-state index is 12.7. The molecule has 0 spiro atoms. The number of amides is 4. The van der Waals surface area contributed by atoms with E-state index in [0.29, 0.717) is 25.0 Å². The Morgan fingerprint density at radius 1 is 1.03 bits per heavy atom. The Bertz CT molecular complexity index is 760. The number of rotatable bonds is 14. The summed E-state index contributed by atoms with van der Waals surface area (Å²) in [5.74, 6) is -1.15. The highest BCUT2D eigenvalue weighted by atomic mass is 32.2. The Kier molecular flexibility index (Phi) is 12.4. The number of quaternary nitrogens is 1. The topological polar surface area (TPSA) is 158 Å². The van der Waals surface area contributed by atoms with Gasteiger partial charge in [-0.15, -0.1) is 0 Å². The number of nitrogens with one attached hydrogen (secondary N) is 3. The van der Waals surface area contributed by atoms with Crippen LogP contribution in [0.15, 0.2) is 30.3 Å². The molecule has 8 N–H and O–H groups in total. The first kappa shape index (κ1) is 27.4. The predicted octanol–water partition coefficient (Wildman–Crippen LogP) is -0.790. The van der Waals surface area contributed by atoms with Gasteiger partial charge in [-0.2, -0.15) is 11.8 Å². The van der Waals surface area contributed by atoms with Gasteiger partial charge in [0, 0.05) is 6.42 Å². The molecule has 0 fully saturated rings. The Morgan fingerprint density at radius 2 is 1.69 bits per heavy atom. The van der Waals surface area contributed by atoms with Gasteiger partial charge in [0.15, 0.2) is 6.04 Å². The number of nitrogens with two attached hydrogens (primary N) is 1. The summed E-state index contributed by atoms with van der Waals surface area (Å²) in [7, 11) is 0. The van der Waals surface area contributed by atoms with Crippen molar-refractivity contribution < 1.29 is 24.9 Å². The highest BCUT2D eigenvalue weighted by Gasteiger charge is 2.26. The van der Waals surface area contributed by atoms with Gasteiger partial charge in [-0.3, -0.25) is 19.2 Å². The van der Waals surface area contributed by atoms with Gasteiger partial charge in [-0.05, 0) is 36.3 Å². The zero-order chi connectivity index (χ0) is 24.1. The molecule has 4 amide bonds. The third-order valence-electron chi connectivity index (χ3n) is 4.75. The zero-order valence-corrected chi connectivity index (χ0v) is 19.9. The number of carbonyl (C=O) groups is 4. The monoisotopic (exact) mass is 466 g/mol. The van der Waals surface area contributed by atoms with Gasteiger partial charge in [-0.25, -0.2) is 0 Å². The van der Waals surface area contributed by atoms with Crippen LogP contribution in [0.3, 0.4) is 0 Å². The first-order valence-corrected chi connectivity index (χ1v) is 12.1. The van der Waals surface area contributed by atoms with E-state index in [1.165, 1.54) is 0 Å². The quantitative estimate of drug-likeness (QED) is 0.243. The maximum atomic E-state index is 12.7. The van der Waals surface area contributed by atoms with Gasteiger partial charge in [0.05, 0.1) is 6.54 Å². The summed E-state index contributed by atoms with van der Waals surface area (Å²) in [4.78, 5) is 49.0. The molecule has 0 saturated carbocycles. The molecule has 10 heteroatoms. The minimum Gasteiger partial charge on any atom is -0.368 e. The number of hydrogen-bond acceptors (Lipinski definition) is 5. The lowest BCUT2D eigenvalue weighted by Gasteiger charge is -2.23. The third-order valence-corrected chi connectivity index (χ3v) is 5.39. The molecular formula is C22H36N5O4S+. The summed E-state index contributed by atoms with van der Waals surface area (Å²) in [5.41, 5.74) is 10.2. The SMILES string of the molecule is CSCCC(NC(=O)C(CC(C)C)NC(=O)CNC(=O)C([NH3+])Cc1ccccc1)C(N)=O. The predicted molar refractivity (Wildman–Crippen MR) is 125 cm³/mol. The highest BCUT2D eigenvalue weighted by Crippen LogP contribution is 2.07. The van der Waals surface area contributed by atoms with Crippen LogP contribution in [0.1, 0.15) is 32.3 Å². The van der Waals surface area contributed by atoms with Crippen LogP contribution >= 0.6 is 11.8 Å². The summed E-state index contributed by atoms with van der Waals surface area (Å²) in [6.45, 7) is 3.57. The van der Waals surface area contributed by atoms with Crippen LogP contribution in [0, 0.1) is 5.92 Å². The summed E-state index contributed by atoms with van der Waals surface area (Å²) >= 11 is 1.54. The number of carbonyl (C=O) groups excluding carboxylic acids is 4. The molecule has 3 unspecified atom stereocenters. The maximum Gasteiger partial charge on any atom is 0.278 e. The van der Waals surface area contributed by atoms with E-state index in [2.05, 4.69) is 21.7 Å². The van der Waals surface area contributed by atoms with Gasteiger partial charge in [0.2, 0.25) is 17.7 Å². The average Bonchev–Trinajstić information content (AvgIpc) is 2.74. The van der Waals surface area contributed by atoms with E-state index < -0.39 is 35.8 Å². The normalized spacial score (nSPS) is 13.7. The Morgan fingerprint density at radius 3 is 2.25 bits per heavy atom. The molecule has 1 rings (SSSR count). The molecule has 0 radical (unpaired) electrons. The van der Waals surface area contributed by atoms with Gasteiger partial charge in [-0.1, -0.05) is 44.2 Å². The van der Waals surface area contributed by atoms with Crippen molar-refractivity contribution in [3.8, 4) is 0 Å². The van der Waals surface area contributed by atoms with Crippen LogP contribution in [0.2, 0.25) is 0 Å². The second-order valence-corrected chi connectivity index (χ2v) is 9.08. The van der Waals surface area contributed by atoms with E-state index in [1.54, 1.807) is 11.8 Å². The summed E-state index contributed by atoms with van der Waals surface area (Å²) in [6, 6.07) is 7.30. The molecule has 0 aliphatic rings. The van der Waals surface area contributed by atoms with Crippen molar-refractivity contribution in [1.82, 2.24) is 16.0 Å². The van der Waals surface area contributed by atoms with E-state index in [-0.39, 0.29) is 18.4 Å². The molecule has 0 aliphatic carbocycles. The minimum atomic E-state index is -0.838. The lowest BCUT2D eigenvalue weighted by atomic mass is 10.0. The molecule has 0 bridgehead atoms. The third kappa shape index (κ3) is 10.6. The van der Waals surface area contributed by atoms with Crippen molar-refractivity contribution in [3.05, 3.63) is 35.9 Å². The standard InChI is InChI=1S/C22H35N5O4S/c1-14(2)11-18(22(31)27-17(20(24)29)9-10-32-3)26-19(28)13-25-21(30)16(23)12-15-7-5-4-6-8-15/h4-8,14,16-18H,9-13,23H2,1-3H3,(H2,24,29)(H,25,30)(H,26,28)(H,27,31)/p+1. The molecule has 0 aromatic heterocycles. The second kappa shape index (κ2) is 14.5. The van der Waals surface area contributed by atoms with Crippen molar-refractivity contribution in [3.63, 3.8) is 0 Å². The molecular weight excluding hydrogens is 430 g/mol. The number of hydrogen-bond donors (Lipinski definition) is 5. The summed E-state index contributed by atoms with van der Waals surface area (Å²) < 4.78 is 0. The number of thioether (sulfide) groups is 1. The van der Waals surface area contributed by atoms with Crippen molar-refractivity contribution >= 4 is 35.4 Å². The molecule has 0 aliphatic heterocycles. The first-order chi connectivity index (χ1) is 15.1. The van der Waals surface area contributed by atoms with Gasteiger partial charge in [0.1, 0.15) is 12.1 Å². The molecule has 32 heavy (non-hydrogen) atoms. The fourth-order valence-electron chi connectivity index (χ4n) is 3.04. The number of benzene rings is 1. The van der Waals surface area contributed by atoms with Crippen LogP contribution in [0.4, 0.5) is 0 Å². The molecule has 0 heterocycles. The Balaban J connectivity index is 2.62. The van der Waals surface area contributed by atoms with Crippen LogP contribution < -0.4 is 27.4 Å². The largest absolute Gasteiger partial charge is 0.368 e. The summed E-state index contributed by atoms with van der Waals surface area (Å²) in [5, 5.41) is 7.85. The van der Waals surface area contributed by atoms with Crippen molar-refractivity contribution in [2.24, 2.45) is 11.7 Å². The molecule has 1 aromatic rings. The Labute approximate surface area is 193 Å². The molecule has 9 nitrogen and oxygen atoms in total. The first-order valence-electron chi connectivity index (χ1n) is 10.7. The lowest BCUT2D eigenvalue weighted by Crippen LogP contribution is -2.68. The van der Waals surface area contributed by atoms with Gasteiger partial charge >= 0.3 is 0 Å². The van der Waals surface area contributed by atoms with Crippen LogP contribution in [0.5, 0.6) is 0 Å². The zero-order valence-electron chi connectivity index (χ0n) is 19.1. The van der Waals surface area contributed by atoms with Crippen molar-refractivity contribution in [2.75, 3.05) is 18.6 Å². The minimum absolute atomic E-state index is 0.119. The fraction of sp³-hybridized carbons (Fsp3) is 0.545. The van der Waals surface area contributed by atoms with Crippen molar-refractivity contribution in [2.45, 2.75) is 51.2 Å². The Hall–Kier alpha value is -2.59.